The number of aromatic nitrogens is 1. The Labute approximate surface area is 168 Å². The van der Waals surface area contributed by atoms with E-state index < -0.39 is 0 Å². The first-order valence-corrected chi connectivity index (χ1v) is 10.7. The SMILES string of the molecule is O=C(NC1CCOc2ccccc21)c1ccc2nc(C3CCCNC3)sc2c1. The van der Waals surface area contributed by atoms with Gasteiger partial charge in [-0.15, -0.1) is 11.3 Å². The number of carbonyl (C=O) groups is 1. The molecule has 1 amide bonds. The van der Waals surface area contributed by atoms with Crippen molar-refractivity contribution in [3.05, 3.63) is 58.6 Å². The minimum Gasteiger partial charge on any atom is -0.493 e. The Bertz CT molecular complexity index is 1010. The van der Waals surface area contributed by atoms with Crippen molar-refractivity contribution in [2.24, 2.45) is 0 Å². The van der Waals surface area contributed by atoms with Crippen molar-refractivity contribution in [3.63, 3.8) is 0 Å². The van der Waals surface area contributed by atoms with Gasteiger partial charge < -0.3 is 15.4 Å². The van der Waals surface area contributed by atoms with Crippen LogP contribution >= 0.6 is 11.3 Å². The number of amides is 1. The molecule has 2 aliphatic rings. The molecular weight excluding hydrogens is 370 g/mol. The molecule has 28 heavy (non-hydrogen) atoms. The van der Waals surface area contributed by atoms with Gasteiger partial charge in [0.05, 0.1) is 27.9 Å². The van der Waals surface area contributed by atoms with Crippen LogP contribution in [-0.2, 0) is 0 Å². The number of carbonyl (C=O) groups excluding carboxylic acids is 1. The molecular formula is C22H23N3O2S. The highest BCUT2D eigenvalue weighted by Gasteiger charge is 2.24. The summed E-state index contributed by atoms with van der Waals surface area (Å²) in [7, 11) is 0. The monoisotopic (exact) mass is 393 g/mol. The third kappa shape index (κ3) is 3.38. The summed E-state index contributed by atoms with van der Waals surface area (Å²) in [6, 6.07) is 13.7. The highest BCUT2D eigenvalue weighted by atomic mass is 32.1. The van der Waals surface area contributed by atoms with E-state index in [1.54, 1.807) is 11.3 Å². The van der Waals surface area contributed by atoms with E-state index in [1.807, 2.05) is 42.5 Å². The average molecular weight is 394 g/mol. The second-order valence-electron chi connectivity index (χ2n) is 7.48. The smallest absolute Gasteiger partial charge is 0.251 e. The van der Waals surface area contributed by atoms with Crippen LogP contribution in [0.5, 0.6) is 5.75 Å². The number of hydrogen-bond donors (Lipinski definition) is 2. The Balaban J connectivity index is 1.36. The van der Waals surface area contributed by atoms with E-state index in [0.717, 1.165) is 41.0 Å². The molecule has 0 spiro atoms. The van der Waals surface area contributed by atoms with Gasteiger partial charge in [-0.2, -0.15) is 0 Å². The van der Waals surface area contributed by atoms with E-state index in [-0.39, 0.29) is 11.9 Å². The van der Waals surface area contributed by atoms with E-state index in [1.165, 1.54) is 17.8 Å². The van der Waals surface area contributed by atoms with Gasteiger partial charge >= 0.3 is 0 Å². The molecule has 1 saturated heterocycles. The fourth-order valence-electron chi connectivity index (χ4n) is 4.05. The van der Waals surface area contributed by atoms with Crippen LogP contribution in [0.2, 0.25) is 0 Å². The number of rotatable bonds is 3. The lowest BCUT2D eigenvalue weighted by Gasteiger charge is -2.26. The minimum absolute atomic E-state index is 0.0153. The van der Waals surface area contributed by atoms with Crippen LogP contribution in [0.4, 0.5) is 0 Å². The van der Waals surface area contributed by atoms with Gasteiger partial charge in [-0.3, -0.25) is 4.79 Å². The first-order valence-electron chi connectivity index (χ1n) is 9.92. The number of benzene rings is 2. The lowest BCUT2D eigenvalue weighted by Crippen LogP contribution is -2.32. The van der Waals surface area contributed by atoms with Crippen LogP contribution < -0.4 is 15.4 Å². The summed E-state index contributed by atoms with van der Waals surface area (Å²) < 4.78 is 6.78. The summed E-state index contributed by atoms with van der Waals surface area (Å²) in [6.07, 6.45) is 3.16. The average Bonchev–Trinajstić information content (AvgIpc) is 3.18. The number of thiazole rings is 1. The largest absolute Gasteiger partial charge is 0.493 e. The Hall–Kier alpha value is -2.44. The maximum atomic E-state index is 12.9. The van der Waals surface area contributed by atoms with Crippen LogP contribution in [0.25, 0.3) is 10.2 Å². The molecule has 3 aromatic rings. The summed E-state index contributed by atoms with van der Waals surface area (Å²) in [5.41, 5.74) is 2.72. The van der Waals surface area contributed by atoms with Gasteiger partial charge in [-0.05, 0) is 43.7 Å². The van der Waals surface area contributed by atoms with Crippen molar-refractivity contribution in [1.82, 2.24) is 15.6 Å². The molecule has 0 radical (unpaired) electrons. The first kappa shape index (κ1) is 17.6. The Kier molecular flexibility index (Phi) is 4.74. The Morgan fingerprint density at radius 3 is 3.04 bits per heavy atom. The van der Waals surface area contributed by atoms with Crippen LogP contribution in [-0.4, -0.2) is 30.6 Å². The quantitative estimate of drug-likeness (QED) is 0.706. The number of fused-ring (bicyclic) bond motifs is 2. The van der Waals surface area contributed by atoms with Crippen LogP contribution in [0.3, 0.4) is 0 Å². The van der Waals surface area contributed by atoms with E-state index in [9.17, 15) is 4.79 Å². The molecule has 0 saturated carbocycles. The lowest BCUT2D eigenvalue weighted by molar-refractivity contribution is 0.0925. The predicted octanol–water partition coefficient (Wildman–Crippen LogP) is 4.02. The number of para-hydroxylation sites is 1. The van der Waals surface area contributed by atoms with Crippen LogP contribution in [0.15, 0.2) is 42.5 Å². The highest BCUT2D eigenvalue weighted by Crippen LogP contribution is 2.33. The molecule has 1 fully saturated rings. The third-order valence-electron chi connectivity index (χ3n) is 5.58. The number of hydrogen-bond acceptors (Lipinski definition) is 5. The molecule has 2 unspecified atom stereocenters. The maximum Gasteiger partial charge on any atom is 0.251 e. The van der Waals surface area contributed by atoms with Crippen LogP contribution in [0.1, 0.15) is 52.2 Å². The van der Waals surface area contributed by atoms with Crippen molar-refractivity contribution < 1.29 is 9.53 Å². The molecule has 0 aliphatic carbocycles. The second-order valence-corrected chi connectivity index (χ2v) is 8.54. The van der Waals surface area contributed by atoms with E-state index in [0.29, 0.717) is 18.1 Å². The second kappa shape index (κ2) is 7.53. The Morgan fingerprint density at radius 1 is 1.21 bits per heavy atom. The minimum atomic E-state index is -0.0436. The zero-order chi connectivity index (χ0) is 18.9. The van der Waals surface area contributed by atoms with Crippen molar-refractivity contribution in [3.8, 4) is 5.75 Å². The number of ether oxygens (including phenoxy) is 1. The molecule has 2 N–H and O–H groups in total. The number of piperidine rings is 1. The summed E-state index contributed by atoms with van der Waals surface area (Å²) in [5.74, 6) is 1.31. The molecule has 3 heterocycles. The number of nitrogens with one attached hydrogen (secondary N) is 2. The predicted molar refractivity (Wildman–Crippen MR) is 111 cm³/mol. The number of nitrogens with zero attached hydrogens (tertiary/aromatic N) is 1. The van der Waals surface area contributed by atoms with Crippen molar-refractivity contribution >= 4 is 27.5 Å². The summed E-state index contributed by atoms with van der Waals surface area (Å²) in [5, 5.41) is 7.81. The molecule has 144 valence electrons. The van der Waals surface area contributed by atoms with Gasteiger partial charge in [-0.25, -0.2) is 4.98 Å². The first-order chi connectivity index (χ1) is 13.8. The molecule has 2 aliphatic heterocycles. The van der Waals surface area contributed by atoms with E-state index in [2.05, 4.69) is 10.6 Å². The van der Waals surface area contributed by atoms with Gasteiger partial charge in [0.25, 0.3) is 5.91 Å². The van der Waals surface area contributed by atoms with Gasteiger partial charge in [0, 0.05) is 30.0 Å². The summed E-state index contributed by atoms with van der Waals surface area (Å²) >= 11 is 1.72. The van der Waals surface area contributed by atoms with E-state index >= 15 is 0 Å². The third-order valence-corrected chi connectivity index (χ3v) is 6.76. The van der Waals surface area contributed by atoms with Gasteiger partial charge in [0.1, 0.15) is 5.75 Å². The van der Waals surface area contributed by atoms with Crippen LogP contribution in [0, 0.1) is 0 Å². The van der Waals surface area contributed by atoms with Crippen molar-refractivity contribution in [2.45, 2.75) is 31.2 Å². The molecule has 5 rings (SSSR count). The molecule has 2 atom stereocenters. The van der Waals surface area contributed by atoms with Crippen molar-refractivity contribution in [1.29, 1.82) is 0 Å². The zero-order valence-corrected chi connectivity index (χ0v) is 16.4. The maximum absolute atomic E-state index is 12.9. The Morgan fingerprint density at radius 2 is 2.14 bits per heavy atom. The molecule has 0 bridgehead atoms. The summed E-state index contributed by atoms with van der Waals surface area (Å²) in [4.78, 5) is 17.7. The molecule has 1 aromatic heterocycles. The molecule has 5 nitrogen and oxygen atoms in total. The fraction of sp³-hybridized carbons (Fsp3) is 0.364. The fourth-order valence-corrected chi connectivity index (χ4v) is 5.20. The molecule has 2 aromatic carbocycles. The standard InChI is InChI=1S/C22H23N3O2S/c26-21(24-17-9-11-27-19-6-2-1-5-16(17)19)14-7-8-18-20(12-14)28-22(25-18)15-4-3-10-23-13-15/h1-2,5-8,12,15,17,23H,3-4,9-11,13H2,(H,24,26). The summed E-state index contributed by atoms with van der Waals surface area (Å²) in [6.45, 7) is 2.71. The van der Waals surface area contributed by atoms with E-state index in [4.69, 9.17) is 9.72 Å². The van der Waals surface area contributed by atoms with Gasteiger partial charge in [0.2, 0.25) is 0 Å². The van der Waals surface area contributed by atoms with Gasteiger partial charge in [0.15, 0.2) is 0 Å². The highest BCUT2D eigenvalue weighted by molar-refractivity contribution is 7.18. The lowest BCUT2D eigenvalue weighted by atomic mass is 10.00. The van der Waals surface area contributed by atoms with Crippen molar-refractivity contribution in [2.75, 3.05) is 19.7 Å². The van der Waals surface area contributed by atoms with Gasteiger partial charge in [-0.1, -0.05) is 18.2 Å². The topological polar surface area (TPSA) is 63.2 Å². The molecule has 6 heteroatoms. The zero-order valence-electron chi connectivity index (χ0n) is 15.6. The normalized spacial score (nSPS) is 21.7.